The Hall–Kier alpha value is -2.28. The number of benzene rings is 1. The standard InChI is InChI=1S/C14H16F2N4O/c1-9-11(8-18-20(9)6-2-5-17)14(21)19-13-7-10(15)3-4-12(13)16/h3-4,7-8H,2,5-6,17H2,1H3,(H,19,21). The molecular formula is C14H16F2N4O. The van der Waals surface area contributed by atoms with Crippen LogP contribution in [0.15, 0.2) is 24.4 Å². The number of hydrogen-bond acceptors (Lipinski definition) is 3. The van der Waals surface area contributed by atoms with Gasteiger partial charge in [-0.3, -0.25) is 9.48 Å². The summed E-state index contributed by atoms with van der Waals surface area (Å²) in [6, 6.07) is 2.88. The fourth-order valence-corrected chi connectivity index (χ4v) is 1.92. The number of anilines is 1. The van der Waals surface area contributed by atoms with Gasteiger partial charge in [-0.1, -0.05) is 0 Å². The van der Waals surface area contributed by atoms with Gasteiger partial charge < -0.3 is 11.1 Å². The number of nitrogens with two attached hydrogens (primary N) is 1. The van der Waals surface area contributed by atoms with E-state index in [0.29, 0.717) is 24.3 Å². The molecule has 5 nitrogen and oxygen atoms in total. The van der Waals surface area contributed by atoms with Crippen molar-refractivity contribution in [3.63, 3.8) is 0 Å². The summed E-state index contributed by atoms with van der Waals surface area (Å²) in [5.74, 6) is -1.85. The van der Waals surface area contributed by atoms with Crippen LogP contribution in [0.5, 0.6) is 0 Å². The van der Waals surface area contributed by atoms with Crippen molar-refractivity contribution in [3.05, 3.63) is 47.3 Å². The van der Waals surface area contributed by atoms with E-state index in [4.69, 9.17) is 5.73 Å². The maximum absolute atomic E-state index is 13.5. The highest BCUT2D eigenvalue weighted by Crippen LogP contribution is 2.17. The number of aryl methyl sites for hydroxylation is 1. The molecule has 3 N–H and O–H groups in total. The van der Waals surface area contributed by atoms with Crippen molar-refractivity contribution in [2.24, 2.45) is 5.73 Å². The molecule has 0 aliphatic heterocycles. The third kappa shape index (κ3) is 3.43. The van der Waals surface area contributed by atoms with Gasteiger partial charge in [-0.05, 0) is 32.0 Å². The second-order valence-corrected chi connectivity index (χ2v) is 4.59. The maximum Gasteiger partial charge on any atom is 0.259 e. The average molecular weight is 294 g/mol. The van der Waals surface area contributed by atoms with Crippen molar-refractivity contribution in [1.82, 2.24) is 9.78 Å². The first-order valence-electron chi connectivity index (χ1n) is 6.52. The van der Waals surface area contributed by atoms with Gasteiger partial charge in [0.15, 0.2) is 0 Å². The molecule has 2 aromatic rings. The fraction of sp³-hybridized carbons (Fsp3) is 0.286. The molecule has 0 spiro atoms. The minimum absolute atomic E-state index is 0.200. The first kappa shape index (κ1) is 15.1. The first-order chi connectivity index (χ1) is 10.0. The van der Waals surface area contributed by atoms with E-state index in [1.165, 1.54) is 6.20 Å². The summed E-state index contributed by atoms with van der Waals surface area (Å²) in [7, 11) is 0. The summed E-state index contributed by atoms with van der Waals surface area (Å²) in [4.78, 5) is 12.1. The summed E-state index contributed by atoms with van der Waals surface area (Å²) in [5.41, 5.74) is 6.19. The van der Waals surface area contributed by atoms with Crippen molar-refractivity contribution >= 4 is 11.6 Å². The number of amides is 1. The van der Waals surface area contributed by atoms with Gasteiger partial charge in [0.05, 0.1) is 17.4 Å². The van der Waals surface area contributed by atoms with Crippen molar-refractivity contribution in [2.45, 2.75) is 19.9 Å². The summed E-state index contributed by atoms with van der Waals surface area (Å²) in [6.45, 7) is 2.86. The third-order valence-corrected chi connectivity index (χ3v) is 3.10. The third-order valence-electron chi connectivity index (χ3n) is 3.10. The number of carbonyl (C=O) groups excluding carboxylic acids is 1. The Labute approximate surface area is 120 Å². The molecule has 0 saturated carbocycles. The topological polar surface area (TPSA) is 72.9 Å². The Bertz CT molecular complexity index is 654. The number of halogens is 2. The first-order valence-corrected chi connectivity index (χ1v) is 6.52. The van der Waals surface area contributed by atoms with Gasteiger partial charge in [0, 0.05) is 18.3 Å². The minimum Gasteiger partial charge on any atom is -0.330 e. The molecule has 1 aromatic carbocycles. The Morgan fingerprint density at radius 3 is 2.90 bits per heavy atom. The number of aromatic nitrogens is 2. The molecular weight excluding hydrogens is 278 g/mol. The maximum atomic E-state index is 13.5. The lowest BCUT2D eigenvalue weighted by atomic mass is 10.2. The van der Waals surface area contributed by atoms with Crippen LogP contribution < -0.4 is 11.1 Å². The molecule has 0 radical (unpaired) electrons. The molecule has 0 aliphatic carbocycles. The van der Waals surface area contributed by atoms with E-state index in [0.717, 1.165) is 24.6 Å². The van der Waals surface area contributed by atoms with Gasteiger partial charge in [-0.15, -0.1) is 0 Å². The van der Waals surface area contributed by atoms with Crippen LogP contribution in [0.4, 0.5) is 14.5 Å². The average Bonchev–Trinajstić information content (AvgIpc) is 2.82. The lowest BCUT2D eigenvalue weighted by Gasteiger charge is -2.07. The largest absolute Gasteiger partial charge is 0.330 e. The molecule has 0 saturated heterocycles. The number of carbonyl (C=O) groups is 1. The van der Waals surface area contributed by atoms with E-state index in [1.807, 2.05) is 0 Å². The normalized spacial score (nSPS) is 10.7. The van der Waals surface area contributed by atoms with Crippen LogP contribution >= 0.6 is 0 Å². The van der Waals surface area contributed by atoms with Crippen molar-refractivity contribution < 1.29 is 13.6 Å². The van der Waals surface area contributed by atoms with Crippen LogP contribution in [0.3, 0.4) is 0 Å². The monoisotopic (exact) mass is 294 g/mol. The van der Waals surface area contributed by atoms with Crippen LogP contribution in [0.1, 0.15) is 22.5 Å². The predicted molar refractivity (Wildman–Crippen MR) is 74.9 cm³/mol. The van der Waals surface area contributed by atoms with Crippen molar-refractivity contribution in [2.75, 3.05) is 11.9 Å². The molecule has 1 aromatic heterocycles. The molecule has 1 amide bonds. The second kappa shape index (κ2) is 6.45. The highest BCUT2D eigenvalue weighted by Gasteiger charge is 2.16. The Kier molecular flexibility index (Phi) is 4.64. The number of nitrogens with zero attached hydrogens (tertiary/aromatic N) is 2. The zero-order chi connectivity index (χ0) is 15.4. The van der Waals surface area contributed by atoms with Crippen LogP contribution in [0.25, 0.3) is 0 Å². The molecule has 0 atom stereocenters. The van der Waals surface area contributed by atoms with Crippen LogP contribution in [-0.2, 0) is 6.54 Å². The van der Waals surface area contributed by atoms with Gasteiger partial charge >= 0.3 is 0 Å². The number of nitrogens with one attached hydrogen (secondary N) is 1. The van der Waals surface area contributed by atoms with E-state index >= 15 is 0 Å². The summed E-state index contributed by atoms with van der Waals surface area (Å²) >= 11 is 0. The molecule has 0 unspecified atom stereocenters. The quantitative estimate of drug-likeness (QED) is 0.886. The highest BCUT2D eigenvalue weighted by molar-refractivity contribution is 6.04. The van der Waals surface area contributed by atoms with Crippen LogP contribution in [0.2, 0.25) is 0 Å². The van der Waals surface area contributed by atoms with Gasteiger partial charge in [0.25, 0.3) is 5.91 Å². The van der Waals surface area contributed by atoms with Crippen LogP contribution in [-0.4, -0.2) is 22.2 Å². The van der Waals surface area contributed by atoms with Gasteiger partial charge in [0.2, 0.25) is 0 Å². The Morgan fingerprint density at radius 1 is 1.43 bits per heavy atom. The number of rotatable bonds is 5. The summed E-state index contributed by atoms with van der Waals surface area (Å²) in [5, 5.41) is 6.43. The Balaban J connectivity index is 2.17. The van der Waals surface area contributed by atoms with Crippen molar-refractivity contribution in [1.29, 1.82) is 0 Å². The Morgan fingerprint density at radius 2 is 2.19 bits per heavy atom. The zero-order valence-corrected chi connectivity index (χ0v) is 11.6. The molecule has 7 heteroatoms. The predicted octanol–water partition coefficient (Wildman–Crippen LogP) is 2.07. The van der Waals surface area contributed by atoms with Gasteiger partial charge in [-0.2, -0.15) is 5.10 Å². The molecule has 21 heavy (non-hydrogen) atoms. The van der Waals surface area contributed by atoms with Crippen molar-refractivity contribution in [3.8, 4) is 0 Å². The van der Waals surface area contributed by atoms with E-state index in [-0.39, 0.29) is 5.69 Å². The second-order valence-electron chi connectivity index (χ2n) is 4.59. The molecule has 0 bridgehead atoms. The SMILES string of the molecule is Cc1c(C(=O)Nc2cc(F)ccc2F)cnn1CCCN. The van der Waals surface area contributed by atoms with Gasteiger partial charge in [0.1, 0.15) is 11.6 Å². The van der Waals surface area contributed by atoms with E-state index in [9.17, 15) is 13.6 Å². The van der Waals surface area contributed by atoms with E-state index in [2.05, 4.69) is 10.4 Å². The van der Waals surface area contributed by atoms with Gasteiger partial charge in [-0.25, -0.2) is 8.78 Å². The molecule has 1 heterocycles. The fourth-order valence-electron chi connectivity index (χ4n) is 1.92. The van der Waals surface area contributed by atoms with E-state index < -0.39 is 17.5 Å². The molecule has 112 valence electrons. The minimum atomic E-state index is -0.696. The van der Waals surface area contributed by atoms with E-state index in [1.54, 1.807) is 11.6 Å². The lowest BCUT2D eigenvalue weighted by molar-refractivity contribution is 0.102. The molecule has 2 rings (SSSR count). The summed E-state index contributed by atoms with van der Waals surface area (Å²) < 4.78 is 28.2. The molecule has 0 fully saturated rings. The zero-order valence-electron chi connectivity index (χ0n) is 11.6. The summed E-state index contributed by atoms with van der Waals surface area (Å²) in [6.07, 6.45) is 2.14. The smallest absolute Gasteiger partial charge is 0.259 e. The van der Waals surface area contributed by atoms with Crippen LogP contribution in [0, 0.1) is 18.6 Å². The highest BCUT2D eigenvalue weighted by atomic mass is 19.1. The number of hydrogen-bond donors (Lipinski definition) is 2. The lowest BCUT2D eigenvalue weighted by Crippen LogP contribution is -2.15. The molecule has 0 aliphatic rings.